The molecule has 1 heterocycles. The average molecular weight is 239 g/mol. The van der Waals surface area contributed by atoms with Crippen molar-refractivity contribution in [2.24, 2.45) is 0 Å². The van der Waals surface area contributed by atoms with Crippen LogP contribution in [0.5, 0.6) is 0 Å². The largest absolute Gasteiger partial charge is 0.411 e. The molecule has 1 N–H and O–H groups in total. The fourth-order valence-corrected chi connectivity index (χ4v) is 0.960. The predicted molar refractivity (Wildman–Crippen MR) is 47.5 cm³/mol. The first-order valence-electron chi connectivity index (χ1n) is 4.61. The molecule has 8 heteroatoms. The number of aromatic nitrogens is 3. The Hall–Kier alpha value is -1.15. The second kappa shape index (κ2) is 5.26. The Morgan fingerprint density at radius 2 is 2.25 bits per heavy atom. The SMILES string of the molecule is CC(O)c1cn(CCOCC(F)(F)F)nn1. The monoisotopic (exact) mass is 239 g/mol. The van der Waals surface area contributed by atoms with Crippen LogP contribution in [0, 0.1) is 0 Å². The normalized spacial score (nSPS) is 14.1. The van der Waals surface area contributed by atoms with Gasteiger partial charge in [-0.25, -0.2) is 4.68 Å². The van der Waals surface area contributed by atoms with Gasteiger partial charge in [-0.15, -0.1) is 5.10 Å². The van der Waals surface area contributed by atoms with E-state index in [0.29, 0.717) is 5.69 Å². The lowest BCUT2D eigenvalue weighted by Gasteiger charge is -2.06. The van der Waals surface area contributed by atoms with Crippen LogP contribution in [0.4, 0.5) is 13.2 Å². The third-order valence-corrected chi connectivity index (χ3v) is 1.71. The van der Waals surface area contributed by atoms with Crippen LogP contribution in [0.2, 0.25) is 0 Å². The summed E-state index contributed by atoms with van der Waals surface area (Å²) in [5.41, 5.74) is 0.371. The molecule has 0 bridgehead atoms. The summed E-state index contributed by atoms with van der Waals surface area (Å²) in [6.07, 6.45) is -3.60. The summed E-state index contributed by atoms with van der Waals surface area (Å²) in [5.74, 6) is 0. The highest BCUT2D eigenvalue weighted by Gasteiger charge is 2.27. The van der Waals surface area contributed by atoms with Gasteiger partial charge in [0.1, 0.15) is 12.3 Å². The van der Waals surface area contributed by atoms with Gasteiger partial charge in [-0.3, -0.25) is 0 Å². The number of hydrogen-bond acceptors (Lipinski definition) is 4. The molecule has 1 aromatic heterocycles. The van der Waals surface area contributed by atoms with E-state index >= 15 is 0 Å². The fraction of sp³-hybridized carbons (Fsp3) is 0.750. The smallest absolute Gasteiger partial charge is 0.387 e. The van der Waals surface area contributed by atoms with Crippen molar-refractivity contribution in [3.8, 4) is 0 Å². The van der Waals surface area contributed by atoms with E-state index in [1.54, 1.807) is 0 Å². The average Bonchev–Trinajstić information content (AvgIpc) is 2.59. The van der Waals surface area contributed by atoms with Crippen LogP contribution in [0.1, 0.15) is 18.7 Å². The van der Waals surface area contributed by atoms with Crippen LogP contribution in [-0.4, -0.2) is 39.5 Å². The van der Waals surface area contributed by atoms with Crippen molar-refractivity contribution in [3.05, 3.63) is 11.9 Å². The Bertz CT molecular complexity index is 325. The first-order chi connectivity index (χ1) is 7.38. The lowest BCUT2D eigenvalue weighted by atomic mass is 10.3. The second-order valence-corrected chi connectivity index (χ2v) is 3.25. The van der Waals surface area contributed by atoms with Crippen LogP contribution < -0.4 is 0 Å². The molecule has 0 saturated carbocycles. The highest BCUT2D eigenvalue weighted by atomic mass is 19.4. The van der Waals surface area contributed by atoms with Crippen LogP contribution >= 0.6 is 0 Å². The Morgan fingerprint density at radius 1 is 1.56 bits per heavy atom. The molecule has 0 aromatic carbocycles. The summed E-state index contributed by atoms with van der Waals surface area (Å²) >= 11 is 0. The molecule has 0 aliphatic heterocycles. The molecule has 1 aromatic rings. The summed E-state index contributed by atoms with van der Waals surface area (Å²) in [6, 6.07) is 0. The van der Waals surface area contributed by atoms with Gasteiger partial charge in [0.05, 0.1) is 25.5 Å². The Labute approximate surface area is 89.8 Å². The number of aliphatic hydroxyl groups excluding tert-OH is 1. The number of aliphatic hydroxyl groups is 1. The third kappa shape index (κ3) is 4.58. The van der Waals surface area contributed by atoms with Crippen molar-refractivity contribution in [1.82, 2.24) is 15.0 Å². The summed E-state index contributed by atoms with van der Waals surface area (Å²) in [4.78, 5) is 0. The zero-order valence-corrected chi connectivity index (χ0v) is 8.61. The summed E-state index contributed by atoms with van der Waals surface area (Å²) in [7, 11) is 0. The standard InChI is InChI=1S/C8H12F3N3O2/c1-6(15)7-4-14(13-12-7)2-3-16-5-8(9,10)11/h4,6,15H,2-3,5H2,1H3. The van der Waals surface area contributed by atoms with Crippen molar-refractivity contribution in [1.29, 1.82) is 0 Å². The number of alkyl halides is 3. The topological polar surface area (TPSA) is 60.2 Å². The van der Waals surface area contributed by atoms with E-state index in [4.69, 9.17) is 5.11 Å². The molecular weight excluding hydrogens is 227 g/mol. The number of nitrogens with zero attached hydrogens (tertiary/aromatic N) is 3. The van der Waals surface area contributed by atoms with Gasteiger partial charge in [-0.2, -0.15) is 13.2 Å². The molecule has 0 radical (unpaired) electrons. The van der Waals surface area contributed by atoms with E-state index in [2.05, 4.69) is 15.0 Å². The molecule has 5 nitrogen and oxygen atoms in total. The predicted octanol–water partition coefficient (Wildman–Crippen LogP) is 0.910. The first-order valence-corrected chi connectivity index (χ1v) is 4.61. The molecule has 0 saturated heterocycles. The molecule has 1 atom stereocenters. The number of halogens is 3. The molecule has 92 valence electrons. The minimum absolute atomic E-state index is 0.109. The molecule has 0 aliphatic carbocycles. The van der Waals surface area contributed by atoms with Crippen molar-refractivity contribution >= 4 is 0 Å². The van der Waals surface area contributed by atoms with E-state index in [1.807, 2.05) is 0 Å². The van der Waals surface area contributed by atoms with Gasteiger partial charge >= 0.3 is 6.18 Å². The van der Waals surface area contributed by atoms with E-state index in [9.17, 15) is 13.2 Å². The molecule has 1 unspecified atom stereocenters. The Kier molecular flexibility index (Phi) is 4.25. The minimum atomic E-state index is -4.31. The maximum Gasteiger partial charge on any atom is 0.411 e. The van der Waals surface area contributed by atoms with E-state index in [1.165, 1.54) is 17.8 Å². The Morgan fingerprint density at radius 3 is 2.75 bits per heavy atom. The van der Waals surface area contributed by atoms with E-state index in [-0.39, 0.29) is 13.2 Å². The zero-order valence-electron chi connectivity index (χ0n) is 8.61. The van der Waals surface area contributed by atoms with Crippen molar-refractivity contribution in [2.45, 2.75) is 25.7 Å². The quantitative estimate of drug-likeness (QED) is 0.776. The second-order valence-electron chi connectivity index (χ2n) is 3.25. The lowest BCUT2D eigenvalue weighted by Crippen LogP contribution is -2.19. The highest BCUT2D eigenvalue weighted by Crippen LogP contribution is 2.14. The molecule has 0 amide bonds. The summed E-state index contributed by atoms with van der Waals surface area (Å²) < 4.78 is 40.8. The van der Waals surface area contributed by atoms with E-state index in [0.717, 1.165) is 0 Å². The van der Waals surface area contributed by atoms with E-state index < -0.39 is 18.9 Å². The van der Waals surface area contributed by atoms with Gasteiger partial charge < -0.3 is 9.84 Å². The Balaban J connectivity index is 2.27. The minimum Gasteiger partial charge on any atom is -0.387 e. The number of ether oxygens (including phenoxy) is 1. The maximum atomic E-state index is 11.7. The summed E-state index contributed by atoms with van der Waals surface area (Å²) in [6.45, 7) is 0.303. The van der Waals surface area contributed by atoms with Crippen molar-refractivity contribution < 1.29 is 23.0 Å². The fourth-order valence-electron chi connectivity index (χ4n) is 0.960. The molecule has 0 spiro atoms. The van der Waals surface area contributed by atoms with Crippen LogP contribution in [0.25, 0.3) is 0 Å². The number of hydrogen-bond donors (Lipinski definition) is 1. The van der Waals surface area contributed by atoms with Crippen molar-refractivity contribution in [2.75, 3.05) is 13.2 Å². The van der Waals surface area contributed by atoms with Crippen LogP contribution in [0.15, 0.2) is 6.20 Å². The number of rotatable bonds is 5. The maximum absolute atomic E-state index is 11.7. The zero-order chi connectivity index (χ0) is 12.2. The molecular formula is C8H12F3N3O2. The molecule has 1 rings (SSSR count). The molecule has 0 aliphatic rings. The van der Waals surface area contributed by atoms with Gasteiger partial charge in [0, 0.05) is 0 Å². The molecule has 0 fully saturated rings. The first kappa shape index (κ1) is 12.9. The lowest BCUT2D eigenvalue weighted by molar-refractivity contribution is -0.174. The van der Waals surface area contributed by atoms with Gasteiger partial charge in [0.25, 0.3) is 0 Å². The molecule has 16 heavy (non-hydrogen) atoms. The van der Waals surface area contributed by atoms with Gasteiger partial charge in [0.2, 0.25) is 0 Å². The van der Waals surface area contributed by atoms with Crippen LogP contribution in [-0.2, 0) is 11.3 Å². The highest BCUT2D eigenvalue weighted by molar-refractivity contribution is 4.95. The van der Waals surface area contributed by atoms with Gasteiger partial charge in [0.15, 0.2) is 0 Å². The van der Waals surface area contributed by atoms with Gasteiger partial charge in [-0.1, -0.05) is 5.21 Å². The van der Waals surface area contributed by atoms with Crippen molar-refractivity contribution in [3.63, 3.8) is 0 Å². The summed E-state index contributed by atoms with van der Waals surface area (Å²) in [5, 5.41) is 16.4. The van der Waals surface area contributed by atoms with Gasteiger partial charge in [-0.05, 0) is 6.92 Å². The third-order valence-electron chi connectivity index (χ3n) is 1.71. The van der Waals surface area contributed by atoms with Crippen LogP contribution in [0.3, 0.4) is 0 Å².